The summed E-state index contributed by atoms with van der Waals surface area (Å²) in [5.74, 6) is 0.996. The average molecular weight is 467 g/mol. The number of pyridine rings is 2. The van der Waals surface area contributed by atoms with Crippen molar-refractivity contribution in [1.29, 1.82) is 0 Å². The molecule has 2 amide bonds. The average Bonchev–Trinajstić information content (AvgIpc) is 3.45. The molecule has 3 aliphatic heterocycles. The molecule has 4 aliphatic rings. The number of nitrogens with zero attached hydrogens (tertiary/aromatic N) is 4. The third-order valence-corrected chi connectivity index (χ3v) is 7.87. The number of rotatable bonds is 4. The number of ether oxygens (including phenoxy) is 1. The van der Waals surface area contributed by atoms with Gasteiger partial charge in [-0.05, 0) is 61.1 Å². The number of amides is 2. The van der Waals surface area contributed by atoms with Crippen LogP contribution in [0.5, 0.6) is 5.88 Å². The van der Waals surface area contributed by atoms with Gasteiger partial charge in [0.2, 0.25) is 17.7 Å². The van der Waals surface area contributed by atoms with E-state index in [1.165, 1.54) is 0 Å². The topological polar surface area (TPSA) is 75.6 Å². The molecule has 176 valence electrons. The van der Waals surface area contributed by atoms with Crippen molar-refractivity contribution in [1.82, 2.24) is 9.97 Å². The van der Waals surface area contributed by atoms with Crippen molar-refractivity contribution in [2.75, 3.05) is 23.0 Å². The van der Waals surface area contributed by atoms with E-state index in [0.29, 0.717) is 25.3 Å². The lowest BCUT2D eigenvalue weighted by Crippen LogP contribution is -2.41. The maximum atomic E-state index is 13.1. The van der Waals surface area contributed by atoms with E-state index in [2.05, 4.69) is 16.0 Å². The molecule has 2 saturated heterocycles. The van der Waals surface area contributed by atoms with Gasteiger partial charge < -0.3 is 14.5 Å². The second-order valence-electron chi connectivity index (χ2n) is 10.2. The van der Waals surface area contributed by atoms with Gasteiger partial charge in [-0.2, -0.15) is 0 Å². The summed E-state index contributed by atoms with van der Waals surface area (Å²) < 4.78 is 5.88. The molecule has 7 nitrogen and oxygen atoms in total. The van der Waals surface area contributed by atoms with Crippen LogP contribution >= 0.6 is 0 Å². The van der Waals surface area contributed by atoms with E-state index < -0.39 is 0 Å². The highest BCUT2D eigenvalue weighted by Gasteiger charge is 2.60. The van der Waals surface area contributed by atoms with Crippen LogP contribution in [0.25, 0.3) is 11.1 Å². The van der Waals surface area contributed by atoms with Crippen LogP contribution in [0.15, 0.2) is 54.9 Å². The Labute approximate surface area is 203 Å². The lowest BCUT2D eigenvalue weighted by Gasteiger charge is -2.31. The fourth-order valence-electron chi connectivity index (χ4n) is 5.76. The predicted octanol–water partition coefficient (Wildman–Crippen LogP) is 4.14. The van der Waals surface area contributed by atoms with E-state index >= 15 is 0 Å². The molecule has 0 radical (unpaired) electrons. The van der Waals surface area contributed by atoms with Crippen LogP contribution in [0.3, 0.4) is 0 Å². The number of hydrogen-bond acceptors (Lipinski definition) is 5. The summed E-state index contributed by atoms with van der Waals surface area (Å²) in [7, 11) is 0. The summed E-state index contributed by atoms with van der Waals surface area (Å²) in [6, 6.07) is 14.4. The summed E-state index contributed by atoms with van der Waals surface area (Å²) in [6.07, 6.45) is 8.79. The Kier molecular flexibility index (Phi) is 4.50. The largest absolute Gasteiger partial charge is 0.474 e. The molecule has 7 heteroatoms. The van der Waals surface area contributed by atoms with Gasteiger partial charge in [0, 0.05) is 48.7 Å². The number of fused-ring (bicyclic) bond motifs is 3. The fourth-order valence-corrected chi connectivity index (χ4v) is 5.76. The highest BCUT2D eigenvalue weighted by molar-refractivity contribution is 6.03. The van der Waals surface area contributed by atoms with E-state index in [-0.39, 0.29) is 23.3 Å². The molecule has 5 heterocycles. The lowest BCUT2D eigenvalue weighted by molar-refractivity contribution is -0.121. The van der Waals surface area contributed by atoms with Crippen LogP contribution < -0.4 is 14.5 Å². The molecule has 0 N–H and O–H groups in total. The highest BCUT2D eigenvalue weighted by Crippen LogP contribution is 2.58. The first-order valence-electron chi connectivity index (χ1n) is 12.4. The first-order chi connectivity index (χ1) is 17.1. The Morgan fingerprint density at radius 1 is 1.00 bits per heavy atom. The van der Waals surface area contributed by atoms with Crippen molar-refractivity contribution in [3.63, 3.8) is 0 Å². The van der Waals surface area contributed by atoms with Gasteiger partial charge in [0.15, 0.2) is 0 Å². The van der Waals surface area contributed by atoms with E-state index in [9.17, 15) is 9.59 Å². The number of carbonyl (C=O) groups excluding carboxylic acids is 2. The number of benzene rings is 1. The normalized spacial score (nSPS) is 21.8. The quantitative estimate of drug-likeness (QED) is 0.578. The Morgan fingerprint density at radius 2 is 1.83 bits per heavy atom. The predicted molar refractivity (Wildman–Crippen MR) is 131 cm³/mol. The van der Waals surface area contributed by atoms with Gasteiger partial charge in [-0.1, -0.05) is 18.2 Å². The maximum absolute atomic E-state index is 13.1. The van der Waals surface area contributed by atoms with Crippen molar-refractivity contribution in [3.05, 3.63) is 66.1 Å². The zero-order valence-corrected chi connectivity index (χ0v) is 19.4. The minimum absolute atomic E-state index is 0.127. The van der Waals surface area contributed by atoms with Crippen LogP contribution in [0, 0.1) is 5.41 Å². The Balaban J connectivity index is 1.08. The van der Waals surface area contributed by atoms with Gasteiger partial charge in [-0.25, -0.2) is 4.98 Å². The maximum Gasteiger partial charge on any atom is 0.238 e. The van der Waals surface area contributed by atoms with Crippen LogP contribution in [-0.2, 0) is 16.0 Å². The van der Waals surface area contributed by atoms with Gasteiger partial charge in [0.05, 0.1) is 11.5 Å². The van der Waals surface area contributed by atoms with Gasteiger partial charge >= 0.3 is 0 Å². The van der Waals surface area contributed by atoms with Gasteiger partial charge in [-0.3, -0.25) is 14.6 Å². The standard InChI is InChI=1S/C28H26N4O3/c33-25-2-1-11-31(25)22-7-4-19(5-8-22)20-3-6-21(29-16-20)12-18-13-24-26(30-15-18)35-17-23-14-28(9-10-28)27(34)32(23)24/h3-8,13,15-16,23H,1-2,9-12,14,17H2/t23-/m0/s1. The molecule has 1 saturated carbocycles. The van der Waals surface area contributed by atoms with Crippen molar-refractivity contribution in [3.8, 4) is 17.0 Å². The smallest absolute Gasteiger partial charge is 0.238 e. The number of hydrogen-bond donors (Lipinski definition) is 0. The Morgan fingerprint density at radius 3 is 2.54 bits per heavy atom. The first-order valence-corrected chi connectivity index (χ1v) is 12.4. The number of aromatic nitrogens is 2. The molecule has 3 aromatic rings. The summed E-state index contributed by atoms with van der Waals surface area (Å²) in [6.45, 7) is 1.33. The molecule has 0 unspecified atom stereocenters. The van der Waals surface area contributed by atoms with E-state index in [0.717, 1.165) is 66.0 Å². The van der Waals surface area contributed by atoms with Gasteiger partial charge in [-0.15, -0.1) is 0 Å². The number of carbonyl (C=O) groups is 2. The third-order valence-electron chi connectivity index (χ3n) is 7.87. The van der Waals surface area contributed by atoms with Gasteiger partial charge in [0.1, 0.15) is 12.3 Å². The molecule has 7 rings (SSSR count). The molecule has 35 heavy (non-hydrogen) atoms. The minimum Gasteiger partial charge on any atom is -0.474 e. The molecule has 1 spiro atoms. The summed E-state index contributed by atoms with van der Waals surface area (Å²) in [4.78, 5) is 38.0. The second-order valence-corrected chi connectivity index (χ2v) is 10.2. The van der Waals surface area contributed by atoms with E-state index in [1.807, 2.05) is 58.6 Å². The Hall–Kier alpha value is -3.74. The van der Waals surface area contributed by atoms with Crippen molar-refractivity contribution < 1.29 is 14.3 Å². The highest BCUT2D eigenvalue weighted by atomic mass is 16.5. The zero-order valence-electron chi connectivity index (χ0n) is 19.4. The van der Waals surface area contributed by atoms with E-state index in [1.54, 1.807) is 0 Å². The zero-order chi connectivity index (χ0) is 23.6. The molecule has 1 aliphatic carbocycles. The summed E-state index contributed by atoms with van der Waals surface area (Å²) >= 11 is 0. The lowest BCUT2D eigenvalue weighted by atomic mass is 10.0. The van der Waals surface area contributed by atoms with Crippen LogP contribution in [-0.4, -0.2) is 41.0 Å². The molecule has 3 fully saturated rings. The molecule has 1 atom stereocenters. The molecular weight excluding hydrogens is 440 g/mol. The van der Waals surface area contributed by atoms with Crippen LogP contribution in [0.1, 0.15) is 43.4 Å². The molecule has 2 aromatic heterocycles. The Bertz CT molecular complexity index is 1330. The second kappa shape index (κ2) is 7.63. The van der Waals surface area contributed by atoms with Crippen molar-refractivity contribution in [2.45, 2.75) is 44.6 Å². The van der Waals surface area contributed by atoms with Crippen LogP contribution in [0.4, 0.5) is 11.4 Å². The monoisotopic (exact) mass is 466 g/mol. The van der Waals surface area contributed by atoms with Crippen molar-refractivity contribution >= 4 is 23.2 Å². The molecule has 1 aromatic carbocycles. The summed E-state index contributed by atoms with van der Waals surface area (Å²) in [5.41, 5.74) is 5.68. The number of anilines is 2. The summed E-state index contributed by atoms with van der Waals surface area (Å²) in [5, 5.41) is 0. The van der Waals surface area contributed by atoms with Gasteiger partial charge in [0.25, 0.3) is 0 Å². The minimum atomic E-state index is -0.134. The van der Waals surface area contributed by atoms with Crippen molar-refractivity contribution in [2.24, 2.45) is 5.41 Å². The SMILES string of the molecule is O=C1CCCN1c1ccc(-c2ccc(Cc3cnc4c(c3)N3C(=O)C5(CC5)C[C@H]3CO4)nc2)cc1. The fraction of sp³-hybridized carbons (Fsp3) is 0.357. The van der Waals surface area contributed by atoms with Crippen LogP contribution in [0.2, 0.25) is 0 Å². The third kappa shape index (κ3) is 3.40. The molecule has 0 bridgehead atoms. The van der Waals surface area contributed by atoms with E-state index in [4.69, 9.17) is 4.74 Å². The molecular formula is C28H26N4O3. The first kappa shape index (κ1) is 20.6.